The molecule has 28 heavy (non-hydrogen) atoms. The standard InChI is InChI=1S/C21H30N6O/c1-4-22-20(25-8-13-28-19-15-17(2)14-18(3)16-19)26-9-11-27(12-10-26)21-23-6-5-7-24-21/h5-7,14-16H,4,8-13H2,1-3H3,(H,22,25). The third-order valence-corrected chi connectivity index (χ3v) is 4.57. The van der Waals surface area contributed by atoms with Crippen LogP contribution in [0.5, 0.6) is 5.75 Å². The Balaban J connectivity index is 1.51. The minimum absolute atomic E-state index is 0.565. The van der Waals surface area contributed by atoms with Gasteiger partial charge in [-0.05, 0) is 50.1 Å². The summed E-state index contributed by atoms with van der Waals surface area (Å²) in [6.45, 7) is 11.8. The summed E-state index contributed by atoms with van der Waals surface area (Å²) in [7, 11) is 0. The fourth-order valence-corrected chi connectivity index (χ4v) is 3.33. The van der Waals surface area contributed by atoms with Crippen LogP contribution in [0.3, 0.4) is 0 Å². The molecule has 0 aliphatic carbocycles. The number of aryl methyl sites for hydroxylation is 2. The lowest BCUT2D eigenvalue weighted by atomic mass is 10.1. The normalized spacial score (nSPS) is 14.9. The number of aromatic nitrogens is 2. The van der Waals surface area contributed by atoms with Gasteiger partial charge in [-0.15, -0.1) is 0 Å². The van der Waals surface area contributed by atoms with Crippen LogP contribution in [0, 0.1) is 13.8 Å². The van der Waals surface area contributed by atoms with Crippen LogP contribution < -0.4 is 15.0 Å². The SMILES string of the molecule is CCNC(=NCCOc1cc(C)cc(C)c1)N1CCN(c2ncccn2)CC1. The Morgan fingerprint density at radius 2 is 1.75 bits per heavy atom. The van der Waals surface area contributed by atoms with Gasteiger partial charge in [0, 0.05) is 45.1 Å². The maximum Gasteiger partial charge on any atom is 0.225 e. The molecule has 0 unspecified atom stereocenters. The monoisotopic (exact) mass is 382 g/mol. The average Bonchev–Trinajstić information content (AvgIpc) is 2.70. The minimum Gasteiger partial charge on any atom is -0.492 e. The first kappa shape index (κ1) is 19.9. The molecule has 150 valence electrons. The molecule has 1 fully saturated rings. The molecule has 0 amide bonds. The molecule has 0 radical (unpaired) electrons. The van der Waals surface area contributed by atoms with Gasteiger partial charge < -0.3 is 19.9 Å². The van der Waals surface area contributed by atoms with Gasteiger partial charge in [0.2, 0.25) is 5.95 Å². The van der Waals surface area contributed by atoms with E-state index in [4.69, 9.17) is 9.73 Å². The molecule has 2 aromatic rings. The molecule has 1 aliphatic rings. The van der Waals surface area contributed by atoms with Gasteiger partial charge in [0.1, 0.15) is 12.4 Å². The van der Waals surface area contributed by atoms with Gasteiger partial charge in [-0.3, -0.25) is 0 Å². The zero-order valence-electron chi connectivity index (χ0n) is 17.1. The predicted molar refractivity (Wildman–Crippen MR) is 113 cm³/mol. The van der Waals surface area contributed by atoms with Crippen molar-refractivity contribution in [3.8, 4) is 5.75 Å². The van der Waals surface area contributed by atoms with Gasteiger partial charge in [-0.1, -0.05) is 6.07 Å². The lowest BCUT2D eigenvalue weighted by Gasteiger charge is -2.36. The average molecular weight is 383 g/mol. The van der Waals surface area contributed by atoms with Crippen molar-refractivity contribution in [1.82, 2.24) is 20.2 Å². The highest BCUT2D eigenvalue weighted by Crippen LogP contribution is 2.16. The van der Waals surface area contributed by atoms with E-state index < -0.39 is 0 Å². The molecular weight excluding hydrogens is 352 g/mol. The van der Waals surface area contributed by atoms with E-state index in [-0.39, 0.29) is 0 Å². The van der Waals surface area contributed by atoms with Gasteiger partial charge in [0.05, 0.1) is 6.54 Å². The van der Waals surface area contributed by atoms with Crippen molar-refractivity contribution in [2.75, 3.05) is 50.8 Å². The van der Waals surface area contributed by atoms with Crippen LogP contribution in [-0.2, 0) is 0 Å². The van der Waals surface area contributed by atoms with Crippen LogP contribution in [0.2, 0.25) is 0 Å². The highest BCUT2D eigenvalue weighted by atomic mass is 16.5. The predicted octanol–water partition coefficient (Wildman–Crippen LogP) is 2.26. The lowest BCUT2D eigenvalue weighted by Crippen LogP contribution is -2.53. The second kappa shape index (κ2) is 9.92. The number of nitrogens with one attached hydrogen (secondary N) is 1. The highest BCUT2D eigenvalue weighted by Gasteiger charge is 2.20. The minimum atomic E-state index is 0.565. The number of hydrogen-bond acceptors (Lipinski definition) is 5. The molecule has 7 nitrogen and oxygen atoms in total. The fraction of sp³-hybridized carbons (Fsp3) is 0.476. The zero-order valence-corrected chi connectivity index (χ0v) is 17.1. The van der Waals surface area contributed by atoms with Crippen LogP contribution >= 0.6 is 0 Å². The smallest absolute Gasteiger partial charge is 0.225 e. The maximum atomic E-state index is 5.88. The zero-order chi connectivity index (χ0) is 19.8. The summed E-state index contributed by atoms with van der Waals surface area (Å²) >= 11 is 0. The molecule has 1 N–H and O–H groups in total. The Morgan fingerprint density at radius 3 is 2.39 bits per heavy atom. The summed E-state index contributed by atoms with van der Waals surface area (Å²) in [4.78, 5) is 17.9. The van der Waals surface area contributed by atoms with Crippen molar-refractivity contribution in [3.05, 3.63) is 47.8 Å². The van der Waals surface area contributed by atoms with Crippen LogP contribution in [0.4, 0.5) is 5.95 Å². The number of piperazine rings is 1. The van der Waals surface area contributed by atoms with Gasteiger partial charge in [-0.2, -0.15) is 0 Å². The van der Waals surface area contributed by atoms with Crippen molar-refractivity contribution in [3.63, 3.8) is 0 Å². The van der Waals surface area contributed by atoms with Gasteiger partial charge in [-0.25, -0.2) is 15.0 Å². The topological polar surface area (TPSA) is 65.9 Å². The highest BCUT2D eigenvalue weighted by molar-refractivity contribution is 5.80. The molecular formula is C21H30N6O. The summed E-state index contributed by atoms with van der Waals surface area (Å²) in [5.41, 5.74) is 2.43. The Morgan fingerprint density at radius 1 is 1.07 bits per heavy atom. The number of benzene rings is 1. The molecule has 0 spiro atoms. The van der Waals surface area contributed by atoms with E-state index in [2.05, 4.69) is 64.1 Å². The summed E-state index contributed by atoms with van der Waals surface area (Å²) in [5, 5.41) is 3.39. The van der Waals surface area contributed by atoms with Crippen molar-refractivity contribution < 1.29 is 4.74 Å². The summed E-state index contributed by atoms with van der Waals surface area (Å²) < 4.78 is 5.88. The number of rotatable bonds is 6. The van der Waals surface area contributed by atoms with Crippen molar-refractivity contribution in [1.29, 1.82) is 0 Å². The second-order valence-electron chi connectivity index (χ2n) is 6.93. The van der Waals surface area contributed by atoms with Gasteiger partial charge >= 0.3 is 0 Å². The molecule has 1 aromatic carbocycles. The first-order valence-corrected chi connectivity index (χ1v) is 9.92. The molecule has 0 bridgehead atoms. The molecule has 0 atom stereocenters. The Bertz CT molecular complexity index is 751. The number of ether oxygens (including phenoxy) is 1. The second-order valence-corrected chi connectivity index (χ2v) is 6.93. The van der Waals surface area contributed by atoms with E-state index in [1.54, 1.807) is 12.4 Å². The van der Waals surface area contributed by atoms with Gasteiger partial charge in [0.25, 0.3) is 0 Å². The first-order valence-electron chi connectivity index (χ1n) is 9.92. The molecule has 0 saturated carbocycles. The third-order valence-electron chi connectivity index (χ3n) is 4.57. The van der Waals surface area contributed by atoms with Crippen molar-refractivity contribution in [2.45, 2.75) is 20.8 Å². The largest absolute Gasteiger partial charge is 0.492 e. The maximum absolute atomic E-state index is 5.88. The van der Waals surface area contributed by atoms with Gasteiger partial charge in [0.15, 0.2) is 5.96 Å². The first-order chi connectivity index (χ1) is 13.7. The third kappa shape index (κ3) is 5.58. The van der Waals surface area contributed by atoms with Crippen LogP contribution in [0.15, 0.2) is 41.7 Å². The molecule has 7 heteroatoms. The molecule has 1 aliphatic heterocycles. The van der Waals surface area contributed by atoms with E-state index in [0.717, 1.165) is 50.4 Å². The van der Waals surface area contributed by atoms with Crippen molar-refractivity contribution in [2.24, 2.45) is 4.99 Å². The van der Waals surface area contributed by atoms with Crippen LogP contribution in [0.25, 0.3) is 0 Å². The van der Waals surface area contributed by atoms with E-state index >= 15 is 0 Å². The number of guanidine groups is 1. The molecule has 1 aromatic heterocycles. The summed E-state index contributed by atoms with van der Waals surface area (Å²) in [6.07, 6.45) is 3.58. The Labute approximate surface area is 167 Å². The van der Waals surface area contributed by atoms with E-state index in [9.17, 15) is 0 Å². The number of aliphatic imine (C=N–C) groups is 1. The number of anilines is 1. The number of hydrogen-bond donors (Lipinski definition) is 1. The summed E-state index contributed by atoms with van der Waals surface area (Å²) in [6, 6.07) is 8.11. The molecule has 1 saturated heterocycles. The van der Waals surface area contributed by atoms with E-state index in [1.165, 1.54) is 11.1 Å². The van der Waals surface area contributed by atoms with Crippen LogP contribution in [-0.4, -0.2) is 66.7 Å². The lowest BCUT2D eigenvalue weighted by molar-refractivity contribution is 0.324. The summed E-state index contributed by atoms with van der Waals surface area (Å²) in [5.74, 6) is 2.65. The van der Waals surface area contributed by atoms with E-state index in [1.807, 2.05) is 6.07 Å². The van der Waals surface area contributed by atoms with E-state index in [0.29, 0.717) is 13.2 Å². The Hall–Kier alpha value is -2.83. The number of nitrogens with zero attached hydrogens (tertiary/aromatic N) is 5. The Kier molecular flexibility index (Phi) is 7.06. The molecule has 3 rings (SSSR count). The fourth-order valence-electron chi connectivity index (χ4n) is 3.33. The van der Waals surface area contributed by atoms with Crippen LogP contribution in [0.1, 0.15) is 18.1 Å². The quantitative estimate of drug-likeness (QED) is 0.470. The molecule has 2 heterocycles. The van der Waals surface area contributed by atoms with Crippen molar-refractivity contribution >= 4 is 11.9 Å².